The van der Waals surface area contributed by atoms with Crippen LogP contribution in [0.5, 0.6) is 0 Å². The van der Waals surface area contributed by atoms with Crippen LogP contribution in [0.1, 0.15) is 104 Å². The Balaban J connectivity index is 4.72. The van der Waals surface area contributed by atoms with Gasteiger partial charge in [-0.3, -0.25) is 14.2 Å². The van der Waals surface area contributed by atoms with E-state index in [-0.39, 0.29) is 26.1 Å². The van der Waals surface area contributed by atoms with Crippen molar-refractivity contribution in [3.63, 3.8) is 0 Å². The second kappa shape index (κ2) is 41.5. The van der Waals surface area contributed by atoms with Crippen molar-refractivity contribution in [3.05, 3.63) is 146 Å². The Morgan fingerprint density at radius 3 is 1.44 bits per heavy atom. The van der Waals surface area contributed by atoms with Crippen LogP contribution in [-0.2, 0) is 32.7 Å². The van der Waals surface area contributed by atoms with Crippen LogP contribution in [0.2, 0.25) is 0 Å². The molecule has 0 radical (unpaired) electrons. The van der Waals surface area contributed by atoms with Crippen molar-refractivity contribution in [2.24, 2.45) is 0 Å². The van der Waals surface area contributed by atoms with E-state index in [2.05, 4.69) is 67.7 Å². The standard InChI is InChI=1S/C52H80NO10P/c1-6-8-10-11-12-13-14-15-16-17-18-19-20-21-22-23-24-28-36-42-51(56)60-46-50(47-62-64(58,59)61-45-44-53(3,4)5)63-52(57)43-37-29-26-25-27-33-39-49(55)41-35-31-30-34-40-48(54)38-32-9-7-2/h8-10,12-13,15-16,18-19,21-22,24,26-35,40-41,48-50,54-55H,6-7,11,14,17,20,23,25,36-39,42-47H2,1-5H3/b10-8-,13-12-,16-15-,19-18-,22-21-,28-24-,29-26-,31-30-,32-9-,33-27-,40-34+,41-35+/t48-,49+,50+/m0/s1. The molecule has 0 spiro atoms. The molecule has 0 rings (SSSR count). The fourth-order valence-electron chi connectivity index (χ4n) is 5.00. The summed E-state index contributed by atoms with van der Waals surface area (Å²) in [4.78, 5) is 37.5. The molecule has 0 saturated carbocycles. The first-order chi connectivity index (χ1) is 30.8. The van der Waals surface area contributed by atoms with Gasteiger partial charge in [0.25, 0.3) is 7.82 Å². The van der Waals surface area contributed by atoms with E-state index < -0.39 is 44.7 Å². The van der Waals surface area contributed by atoms with Crippen LogP contribution >= 0.6 is 7.82 Å². The lowest BCUT2D eigenvalue weighted by atomic mass is 10.2. The Morgan fingerprint density at radius 1 is 0.562 bits per heavy atom. The number of allylic oxidation sites excluding steroid dienone is 20. The molecule has 4 atom stereocenters. The minimum atomic E-state index is -4.70. The van der Waals surface area contributed by atoms with Gasteiger partial charge < -0.3 is 38.1 Å². The van der Waals surface area contributed by atoms with E-state index in [1.165, 1.54) is 0 Å². The van der Waals surface area contributed by atoms with Gasteiger partial charge in [-0.2, -0.15) is 0 Å². The number of quaternary nitrogens is 1. The van der Waals surface area contributed by atoms with Crippen LogP contribution in [0.15, 0.2) is 146 Å². The molecule has 358 valence electrons. The normalized spacial score (nSPS) is 15.8. The molecule has 0 fully saturated rings. The molecule has 0 aromatic heterocycles. The summed E-state index contributed by atoms with van der Waals surface area (Å²) in [6, 6.07) is 0. The maximum Gasteiger partial charge on any atom is 0.306 e. The number of likely N-dealkylation sites (N-methyl/N-ethyl adjacent to an activating group) is 1. The lowest BCUT2D eigenvalue weighted by Crippen LogP contribution is -2.37. The molecule has 0 amide bonds. The molecule has 12 heteroatoms. The first-order valence-corrected chi connectivity index (χ1v) is 24.2. The largest absolute Gasteiger partial charge is 0.756 e. The molecular formula is C52H80NO10P. The van der Waals surface area contributed by atoms with Crippen LogP contribution in [0.3, 0.4) is 0 Å². The van der Waals surface area contributed by atoms with Crippen molar-refractivity contribution >= 4 is 19.8 Å². The second-order valence-corrected chi connectivity index (χ2v) is 17.1. The van der Waals surface area contributed by atoms with Crippen molar-refractivity contribution in [3.8, 4) is 0 Å². The quantitative estimate of drug-likeness (QED) is 0.0201. The summed E-state index contributed by atoms with van der Waals surface area (Å²) in [6.07, 6.45) is 54.0. The number of carbonyl (C=O) groups is 2. The number of esters is 2. The van der Waals surface area contributed by atoms with Crippen molar-refractivity contribution < 1.29 is 52.3 Å². The van der Waals surface area contributed by atoms with Gasteiger partial charge in [-0.1, -0.05) is 160 Å². The van der Waals surface area contributed by atoms with Gasteiger partial charge in [0.05, 0.1) is 40.0 Å². The highest BCUT2D eigenvalue weighted by atomic mass is 31.2. The molecule has 0 heterocycles. The maximum absolute atomic E-state index is 12.7. The highest BCUT2D eigenvalue weighted by molar-refractivity contribution is 7.45. The van der Waals surface area contributed by atoms with Crippen LogP contribution < -0.4 is 4.89 Å². The molecule has 0 aliphatic heterocycles. The third kappa shape index (κ3) is 44.4. The zero-order valence-corrected chi connectivity index (χ0v) is 40.3. The molecule has 2 N–H and O–H groups in total. The summed E-state index contributed by atoms with van der Waals surface area (Å²) in [5, 5.41) is 20.0. The summed E-state index contributed by atoms with van der Waals surface area (Å²) in [7, 11) is 0.981. The van der Waals surface area contributed by atoms with Crippen LogP contribution in [0, 0.1) is 0 Å². The van der Waals surface area contributed by atoms with Crippen molar-refractivity contribution in [1.82, 2.24) is 0 Å². The predicted octanol–water partition coefficient (Wildman–Crippen LogP) is 10.5. The topological polar surface area (TPSA) is 152 Å². The Labute approximate surface area is 386 Å². The van der Waals surface area contributed by atoms with Gasteiger partial charge in [-0.05, 0) is 77.0 Å². The number of hydrogen-bond donors (Lipinski definition) is 2. The number of nitrogens with zero attached hydrogens (tertiary/aromatic N) is 1. The Hall–Kier alpha value is -4.19. The third-order valence-corrected chi connectivity index (χ3v) is 9.51. The van der Waals surface area contributed by atoms with Gasteiger partial charge in [0, 0.05) is 12.8 Å². The lowest BCUT2D eigenvalue weighted by molar-refractivity contribution is -0.870. The van der Waals surface area contributed by atoms with E-state index >= 15 is 0 Å². The van der Waals surface area contributed by atoms with E-state index in [1.807, 2.05) is 76.7 Å². The SMILES string of the molecule is CC/C=C\C/C=C\C/C=C\C/C=C\C/C=C\C/C=C\CCC(=O)OC[C@H](COP(=O)([O-])OCC[N+](C)(C)C)OC(=O)CC/C=C\C/C=C\C[C@@H](O)/C=C/C=C\C=C\[C@@H](O)C/C=C\CC. The van der Waals surface area contributed by atoms with Crippen LogP contribution in [0.4, 0.5) is 0 Å². The molecule has 11 nitrogen and oxygen atoms in total. The van der Waals surface area contributed by atoms with Crippen molar-refractivity contribution in [2.75, 3.05) is 47.5 Å². The van der Waals surface area contributed by atoms with Gasteiger partial charge in [-0.25, -0.2) is 0 Å². The number of aliphatic hydroxyl groups excluding tert-OH is 2. The molecule has 0 aliphatic rings. The maximum atomic E-state index is 12.7. The lowest BCUT2D eigenvalue weighted by Gasteiger charge is -2.28. The predicted molar refractivity (Wildman–Crippen MR) is 261 cm³/mol. The van der Waals surface area contributed by atoms with Gasteiger partial charge in [0.15, 0.2) is 6.10 Å². The van der Waals surface area contributed by atoms with E-state index in [4.69, 9.17) is 18.5 Å². The number of aliphatic hydroxyl groups is 2. The van der Waals surface area contributed by atoms with Gasteiger partial charge in [-0.15, -0.1) is 0 Å². The molecule has 0 aromatic rings. The number of carbonyl (C=O) groups excluding carboxylic acids is 2. The summed E-state index contributed by atoms with van der Waals surface area (Å²) < 4.78 is 33.6. The molecule has 0 aliphatic carbocycles. The van der Waals surface area contributed by atoms with E-state index in [9.17, 15) is 29.3 Å². The first-order valence-electron chi connectivity index (χ1n) is 22.8. The first kappa shape index (κ1) is 59.8. The van der Waals surface area contributed by atoms with E-state index in [0.29, 0.717) is 43.1 Å². The molecule has 64 heavy (non-hydrogen) atoms. The van der Waals surface area contributed by atoms with Crippen LogP contribution in [0.25, 0.3) is 0 Å². The summed E-state index contributed by atoms with van der Waals surface area (Å²) in [5.74, 6) is -1.12. The Bertz CT molecular complexity index is 1620. The average Bonchev–Trinajstić information content (AvgIpc) is 3.24. The second-order valence-electron chi connectivity index (χ2n) is 15.7. The Kier molecular flexibility index (Phi) is 38.8. The summed E-state index contributed by atoms with van der Waals surface area (Å²) >= 11 is 0. The monoisotopic (exact) mass is 910 g/mol. The number of rotatable bonds is 38. The molecule has 0 bridgehead atoms. The number of phosphoric acid groups is 1. The molecular weight excluding hydrogens is 830 g/mol. The fourth-order valence-corrected chi connectivity index (χ4v) is 5.72. The summed E-state index contributed by atoms with van der Waals surface area (Å²) in [5.41, 5.74) is 0. The van der Waals surface area contributed by atoms with Crippen molar-refractivity contribution in [1.29, 1.82) is 0 Å². The van der Waals surface area contributed by atoms with Crippen LogP contribution in [-0.4, -0.2) is 92.5 Å². The van der Waals surface area contributed by atoms with Gasteiger partial charge in [0.1, 0.15) is 19.8 Å². The third-order valence-electron chi connectivity index (χ3n) is 8.55. The number of phosphoric ester groups is 1. The van der Waals surface area contributed by atoms with E-state index in [1.54, 1.807) is 36.5 Å². The molecule has 1 unspecified atom stereocenters. The average molecular weight is 910 g/mol. The smallest absolute Gasteiger partial charge is 0.306 e. The minimum Gasteiger partial charge on any atom is -0.756 e. The fraction of sp³-hybridized carbons (Fsp3) is 0.500. The minimum absolute atomic E-state index is 0.0173. The number of hydrogen-bond acceptors (Lipinski definition) is 10. The Morgan fingerprint density at radius 2 is 0.969 bits per heavy atom. The highest BCUT2D eigenvalue weighted by Crippen LogP contribution is 2.38. The summed E-state index contributed by atoms with van der Waals surface area (Å²) in [6.45, 7) is 3.58. The molecule has 0 saturated heterocycles. The highest BCUT2D eigenvalue weighted by Gasteiger charge is 2.21. The van der Waals surface area contributed by atoms with E-state index in [0.717, 1.165) is 44.9 Å². The zero-order chi connectivity index (χ0) is 47.4. The van der Waals surface area contributed by atoms with Gasteiger partial charge >= 0.3 is 11.9 Å². The van der Waals surface area contributed by atoms with Crippen molar-refractivity contribution in [2.45, 2.75) is 122 Å². The zero-order valence-electron chi connectivity index (χ0n) is 39.4. The number of ether oxygens (including phenoxy) is 2. The van der Waals surface area contributed by atoms with Gasteiger partial charge in [0.2, 0.25) is 0 Å². The molecule has 0 aromatic carbocycles.